The van der Waals surface area contributed by atoms with Crippen LogP contribution in [0.25, 0.3) is 0 Å². The Hall–Kier alpha value is -1.95. The van der Waals surface area contributed by atoms with E-state index < -0.39 is 4.92 Å². The average Bonchev–Trinajstić information content (AvgIpc) is 2.39. The zero-order valence-electron chi connectivity index (χ0n) is 10.6. The molecule has 6 nitrogen and oxygen atoms in total. The summed E-state index contributed by atoms with van der Waals surface area (Å²) in [5.41, 5.74) is 0.144. The number of nitro groups is 1. The van der Waals surface area contributed by atoms with E-state index in [-0.39, 0.29) is 23.1 Å². The first-order valence-electron chi connectivity index (χ1n) is 6.11. The molecular formula is C13H15NO5. The van der Waals surface area contributed by atoms with E-state index >= 15 is 0 Å². The zero-order valence-corrected chi connectivity index (χ0v) is 10.6. The quantitative estimate of drug-likeness (QED) is 0.474. The maximum atomic E-state index is 11.6. The van der Waals surface area contributed by atoms with E-state index in [4.69, 9.17) is 9.47 Å². The topological polar surface area (TPSA) is 78.7 Å². The van der Waals surface area contributed by atoms with E-state index in [1.807, 2.05) is 0 Å². The minimum atomic E-state index is -0.523. The molecule has 1 saturated heterocycles. The Bertz CT molecular complexity index is 494. The highest BCUT2D eigenvalue weighted by atomic mass is 16.6. The number of nitrogens with zero attached hydrogens (tertiary/aromatic N) is 1. The number of hydrogen-bond acceptors (Lipinski definition) is 5. The lowest BCUT2D eigenvalue weighted by molar-refractivity contribution is -0.384. The molecule has 1 aromatic carbocycles. The van der Waals surface area contributed by atoms with Crippen molar-refractivity contribution < 1.29 is 19.2 Å². The van der Waals surface area contributed by atoms with Gasteiger partial charge in [-0.25, -0.2) is 0 Å². The van der Waals surface area contributed by atoms with Crippen molar-refractivity contribution in [3.8, 4) is 5.75 Å². The summed E-state index contributed by atoms with van der Waals surface area (Å²) >= 11 is 0. The van der Waals surface area contributed by atoms with Gasteiger partial charge in [0.1, 0.15) is 11.9 Å². The number of benzene rings is 1. The molecule has 1 aromatic rings. The van der Waals surface area contributed by atoms with Crippen LogP contribution in [0.4, 0.5) is 5.69 Å². The monoisotopic (exact) mass is 265 g/mol. The first-order chi connectivity index (χ1) is 9.08. The Morgan fingerprint density at radius 1 is 1.42 bits per heavy atom. The van der Waals surface area contributed by atoms with Gasteiger partial charge in [0, 0.05) is 25.0 Å². The summed E-state index contributed by atoms with van der Waals surface area (Å²) in [6.07, 6.45) is 1.51. The van der Waals surface area contributed by atoms with Crippen LogP contribution >= 0.6 is 0 Å². The van der Waals surface area contributed by atoms with Crippen LogP contribution < -0.4 is 4.74 Å². The fourth-order valence-electron chi connectivity index (χ4n) is 1.98. The van der Waals surface area contributed by atoms with Gasteiger partial charge in [-0.1, -0.05) is 0 Å². The molecule has 6 heteroatoms. The van der Waals surface area contributed by atoms with Gasteiger partial charge in [0.15, 0.2) is 5.78 Å². The van der Waals surface area contributed by atoms with Crippen molar-refractivity contribution in [1.29, 1.82) is 0 Å². The molecule has 1 fully saturated rings. The molecule has 1 aliphatic heterocycles. The number of ether oxygens (including phenoxy) is 2. The third kappa shape index (κ3) is 3.29. The van der Waals surface area contributed by atoms with Crippen molar-refractivity contribution >= 4 is 11.5 Å². The number of hydrogen-bond donors (Lipinski definition) is 0. The second-order valence-electron chi connectivity index (χ2n) is 4.42. The van der Waals surface area contributed by atoms with Crippen molar-refractivity contribution in [1.82, 2.24) is 0 Å². The molecule has 0 atom stereocenters. The first kappa shape index (κ1) is 13.5. The summed E-state index contributed by atoms with van der Waals surface area (Å²) in [7, 11) is 0. The highest BCUT2D eigenvalue weighted by molar-refractivity contribution is 5.97. The van der Waals surface area contributed by atoms with Gasteiger partial charge in [-0.15, -0.1) is 0 Å². The highest BCUT2D eigenvalue weighted by Gasteiger charge is 2.20. The van der Waals surface area contributed by atoms with Crippen molar-refractivity contribution in [2.45, 2.75) is 25.9 Å². The number of carbonyl (C=O) groups is 1. The number of ketones is 1. The van der Waals surface area contributed by atoms with Crippen LogP contribution in [0.3, 0.4) is 0 Å². The molecule has 0 bridgehead atoms. The van der Waals surface area contributed by atoms with Crippen LogP contribution in [0.2, 0.25) is 0 Å². The number of nitro benzene ring substituents is 1. The Balaban J connectivity index is 2.23. The number of rotatable bonds is 4. The van der Waals surface area contributed by atoms with Crippen molar-refractivity contribution in [3.05, 3.63) is 33.9 Å². The molecule has 102 valence electrons. The van der Waals surface area contributed by atoms with Crippen LogP contribution in [0.1, 0.15) is 30.1 Å². The van der Waals surface area contributed by atoms with E-state index in [0.29, 0.717) is 19.0 Å². The summed E-state index contributed by atoms with van der Waals surface area (Å²) in [6.45, 7) is 2.63. The van der Waals surface area contributed by atoms with Gasteiger partial charge >= 0.3 is 0 Å². The average molecular weight is 265 g/mol. The Kier molecular flexibility index (Phi) is 4.11. The Morgan fingerprint density at radius 3 is 2.68 bits per heavy atom. The third-order valence-corrected chi connectivity index (χ3v) is 3.02. The van der Waals surface area contributed by atoms with Gasteiger partial charge in [-0.05, 0) is 13.0 Å². The summed E-state index contributed by atoms with van der Waals surface area (Å²) in [5.74, 6) is 0.163. The van der Waals surface area contributed by atoms with Crippen LogP contribution in [0.5, 0.6) is 5.75 Å². The predicted molar refractivity (Wildman–Crippen MR) is 67.6 cm³/mol. The Morgan fingerprint density at radius 2 is 2.11 bits per heavy atom. The first-order valence-corrected chi connectivity index (χ1v) is 6.11. The van der Waals surface area contributed by atoms with Crippen LogP contribution in [-0.4, -0.2) is 30.0 Å². The smallest absolute Gasteiger partial charge is 0.270 e. The van der Waals surface area contributed by atoms with Crippen molar-refractivity contribution in [3.63, 3.8) is 0 Å². The largest absolute Gasteiger partial charge is 0.489 e. The Labute approximate surface area is 110 Å². The SMILES string of the molecule is CC(=O)c1cc([N+](=O)[O-])ccc1OC1CCOCC1. The van der Waals surface area contributed by atoms with Gasteiger partial charge in [0.05, 0.1) is 23.7 Å². The summed E-state index contributed by atoms with van der Waals surface area (Å²) < 4.78 is 11.0. The lowest BCUT2D eigenvalue weighted by Crippen LogP contribution is -2.26. The molecule has 0 amide bonds. The molecule has 0 spiro atoms. The van der Waals surface area contributed by atoms with Crippen molar-refractivity contribution in [2.75, 3.05) is 13.2 Å². The van der Waals surface area contributed by atoms with Gasteiger partial charge in [0.2, 0.25) is 0 Å². The van der Waals surface area contributed by atoms with Crippen molar-refractivity contribution in [2.24, 2.45) is 0 Å². The minimum absolute atomic E-state index is 0.00620. The zero-order chi connectivity index (χ0) is 13.8. The molecule has 0 radical (unpaired) electrons. The predicted octanol–water partition coefficient (Wildman–Crippen LogP) is 2.36. The lowest BCUT2D eigenvalue weighted by Gasteiger charge is -2.24. The highest BCUT2D eigenvalue weighted by Crippen LogP contribution is 2.27. The molecule has 19 heavy (non-hydrogen) atoms. The second kappa shape index (κ2) is 5.79. The summed E-state index contributed by atoms with van der Waals surface area (Å²) in [5, 5.41) is 10.7. The van der Waals surface area contributed by atoms with Crippen LogP contribution in [0.15, 0.2) is 18.2 Å². The van der Waals surface area contributed by atoms with Gasteiger partial charge < -0.3 is 9.47 Å². The summed E-state index contributed by atoms with van der Waals surface area (Å²) in [4.78, 5) is 21.7. The molecule has 0 unspecified atom stereocenters. The standard InChI is InChI=1S/C13H15NO5/c1-9(15)12-8-10(14(16)17)2-3-13(12)19-11-4-6-18-7-5-11/h2-3,8,11H,4-7H2,1H3. The molecule has 0 aliphatic carbocycles. The van der Waals surface area contributed by atoms with E-state index in [9.17, 15) is 14.9 Å². The maximum Gasteiger partial charge on any atom is 0.270 e. The van der Waals surface area contributed by atoms with Crippen LogP contribution in [0, 0.1) is 10.1 Å². The molecule has 1 aliphatic rings. The lowest BCUT2D eigenvalue weighted by atomic mass is 10.1. The molecule has 1 heterocycles. The van der Waals surface area contributed by atoms with E-state index in [2.05, 4.69) is 0 Å². The second-order valence-corrected chi connectivity index (χ2v) is 4.42. The molecular weight excluding hydrogens is 250 g/mol. The maximum absolute atomic E-state index is 11.6. The normalized spacial score (nSPS) is 16.1. The number of Topliss-reactive ketones (excluding diaryl/α,β-unsaturated/α-hetero) is 1. The van der Waals surface area contributed by atoms with E-state index in [0.717, 1.165) is 12.8 Å². The fraction of sp³-hybridized carbons (Fsp3) is 0.462. The minimum Gasteiger partial charge on any atom is -0.489 e. The number of non-ortho nitro benzene ring substituents is 1. The molecule has 0 N–H and O–H groups in total. The fourth-order valence-corrected chi connectivity index (χ4v) is 1.98. The molecule has 2 rings (SSSR count). The van der Waals surface area contributed by atoms with Crippen LogP contribution in [-0.2, 0) is 4.74 Å². The van der Waals surface area contributed by atoms with E-state index in [1.54, 1.807) is 0 Å². The molecule has 0 saturated carbocycles. The number of carbonyl (C=O) groups excluding carboxylic acids is 1. The third-order valence-electron chi connectivity index (χ3n) is 3.02. The molecule has 0 aromatic heterocycles. The van der Waals surface area contributed by atoms with E-state index in [1.165, 1.54) is 25.1 Å². The van der Waals surface area contributed by atoms with Gasteiger partial charge in [-0.2, -0.15) is 0 Å². The van der Waals surface area contributed by atoms with Gasteiger partial charge in [-0.3, -0.25) is 14.9 Å². The van der Waals surface area contributed by atoms with Gasteiger partial charge in [0.25, 0.3) is 5.69 Å². The summed E-state index contributed by atoms with van der Waals surface area (Å²) in [6, 6.07) is 4.10.